The molecule has 3 rings (SSSR count). The van der Waals surface area contributed by atoms with Gasteiger partial charge in [-0.3, -0.25) is 14.2 Å². The zero-order valence-corrected chi connectivity index (χ0v) is 15.3. The van der Waals surface area contributed by atoms with Crippen molar-refractivity contribution >= 4 is 22.3 Å². The minimum Gasteiger partial charge on any atom is -0.317 e. The normalized spacial score (nSPS) is 28.3. The molecular formula is C14H24N4O7S. The van der Waals surface area contributed by atoms with Gasteiger partial charge in [0.2, 0.25) is 0 Å². The van der Waals surface area contributed by atoms with E-state index in [2.05, 4.69) is 22.0 Å². The molecule has 0 saturated carbocycles. The van der Waals surface area contributed by atoms with Crippen LogP contribution in [0.3, 0.4) is 0 Å². The zero-order chi connectivity index (χ0) is 18.9. The first-order valence-corrected chi connectivity index (χ1v) is 9.94. The van der Waals surface area contributed by atoms with E-state index in [1.165, 1.54) is 4.90 Å². The number of fused-ring (bicyclic) bond motifs is 2. The molecule has 3 N–H and O–H groups in total. The monoisotopic (exact) mass is 392 g/mol. The molecule has 2 bridgehead atoms. The van der Waals surface area contributed by atoms with Crippen LogP contribution in [0.1, 0.15) is 32.6 Å². The van der Waals surface area contributed by atoms with Gasteiger partial charge in [0.15, 0.2) is 0 Å². The summed E-state index contributed by atoms with van der Waals surface area (Å²) < 4.78 is 34.9. The van der Waals surface area contributed by atoms with Crippen molar-refractivity contribution in [1.82, 2.24) is 20.8 Å². The van der Waals surface area contributed by atoms with Crippen molar-refractivity contribution in [3.8, 4) is 0 Å². The maximum Gasteiger partial charge on any atom is 0.418 e. The minimum absolute atomic E-state index is 0.0141. The molecule has 26 heavy (non-hydrogen) atoms. The summed E-state index contributed by atoms with van der Waals surface area (Å²) in [5.74, 6) is -0.456. The van der Waals surface area contributed by atoms with Gasteiger partial charge in [-0.15, -0.1) is 4.28 Å². The van der Waals surface area contributed by atoms with E-state index in [0.717, 1.165) is 25.9 Å². The van der Waals surface area contributed by atoms with E-state index in [4.69, 9.17) is 9.39 Å². The SMILES string of the molecule is CC1(CONC(=O)[C@@H]2CCC3CN2C(=O)N3OS(=O)(=O)O)CCNCC1. The number of piperidine rings is 2. The fourth-order valence-electron chi connectivity index (χ4n) is 3.63. The highest BCUT2D eigenvalue weighted by Gasteiger charge is 2.49. The van der Waals surface area contributed by atoms with E-state index in [-0.39, 0.29) is 12.0 Å². The lowest BCUT2D eigenvalue weighted by Crippen LogP contribution is -2.50. The summed E-state index contributed by atoms with van der Waals surface area (Å²) in [6.45, 7) is 4.44. The second-order valence-corrected chi connectivity index (χ2v) is 8.33. The molecule has 3 saturated heterocycles. The van der Waals surface area contributed by atoms with Crippen LogP contribution in [0.4, 0.5) is 4.79 Å². The lowest BCUT2D eigenvalue weighted by molar-refractivity contribution is -0.142. The molecule has 3 heterocycles. The quantitative estimate of drug-likeness (QED) is 0.404. The molecule has 148 valence electrons. The van der Waals surface area contributed by atoms with Crippen molar-refractivity contribution in [2.45, 2.75) is 44.7 Å². The van der Waals surface area contributed by atoms with Crippen LogP contribution in [0.5, 0.6) is 0 Å². The van der Waals surface area contributed by atoms with Crippen LogP contribution in [-0.2, 0) is 24.3 Å². The van der Waals surface area contributed by atoms with Crippen molar-refractivity contribution < 1.29 is 31.7 Å². The Balaban J connectivity index is 1.53. The Morgan fingerprint density at radius 3 is 2.73 bits per heavy atom. The number of urea groups is 1. The van der Waals surface area contributed by atoms with E-state index in [0.29, 0.717) is 24.5 Å². The smallest absolute Gasteiger partial charge is 0.317 e. The average Bonchev–Trinajstić information content (AvgIpc) is 2.79. The summed E-state index contributed by atoms with van der Waals surface area (Å²) in [4.78, 5) is 31.3. The van der Waals surface area contributed by atoms with Crippen LogP contribution >= 0.6 is 0 Å². The van der Waals surface area contributed by atoms with Gasteiger partial charge < -0.3 is 10.2 Å². The first-order chi connectivity index (χ1) is 12.2. The van der Waals surface area contributed by atoms with Gasteiger partial charge in [-0.25, -0.2) is 10.3 Å². The third kappa shape index (κ3) is 4.26. The van der Waals surface area contributed by atoms with Gasteiger partial charge in [0, 0.05) is 6.54 Å². The summed E-state index contributed by atoms with van der Waals surface area (Å²) in [6, 6.07) is -2.06. The molecule has 12 heteroatoms. The van der Waals surface area contributed by atoms with E-state index in [1.807, 2.05) is 0 Å². The Kier molecular flexibility index (Phi) is 5.40. The van der Waals surface area contributed by atoms with Gasteiger partial charge >= 0.3 is 16.4 Å². The first kappa shape index (κ1) is 19.3. The van der Waals surface area contributed by atoms with Crippen molar-refractivity contribution in [3.63, 3.8) is 0 Å². The zero-order valence-electron chi connectivity index (χ0n) is 14.5. The Morgan fingerprint density at radius 2 is 2.08 bits per heavy atom. The topological polar surface area (TPSA) is 138 Å². The number of hydroxylamine groups is 3. The van der Waals surface area contributed by atoms with Crippen LogP contribution in [0.25, 0.3) is 0 Å². The predicted molar refractivity (Wildman–Crippen MR) is 87.7 cm³/mol. The third-order valence-corrected chi connectivity index (χ3v) is 5.55. The maximum atomic E-state index is 12.4. The summed E-state index contributed by atoms with van der Waals surface area (Å²) in [5.41, 5.74) is 2.40. The highest BCUT2D eigenvalue weighted by molar-refractivity contribution is 7.80. The fourth-order valence-corrected chi connectivity index (χ4v) is 4.02. The molecule has 3 fully saturated rings. The number of nitrogens with one attached hydrogen (secondary N) is 2. The number of carbonyl (C=O) groups excluding carboxylic acids is 2. The van der Waals surface area contributed by atoms with Gasteiger partial charge in [-0.05, 0) is 44.2 Å². The standard InChI is InChI=1S/C14H24N4O7S/c1-14(4-6-15-7-5-14)9-24-16-12(19)11-3-2-10-8-17(11)13(20)18(10)25-26(21,22)23/h10-11,15H,2-9H2,1H3,(H,16,19)(H,21,22,23)/t10?,11-/m0/s1. The van der Waals surface area contributed by atoms with Gasteiger partial charge in [-0.1, -0.05) is 6.92 Å². The van der Waals surface area contributed by atoms with E-state index >= 15 is 0 Å². The largest absolute Gasteiger partial charge is 0.418 e. The Hall–Kier alpha value is -1.47. The predicted octanol–water partition coefficient (Wildman–Crippen LogP) is -0.573. The molecule has 0 aromatic heterocycles. The molecule has 0 spiro atoms. The first-order valence-electron chi connectivity index (χ1n) is 8.58. The van der Waals surface area contributed by atoms with Gasteiger partial charge in [-0.2, -0.15) is 13.5 Å². The molecular weight excluding hydrogens is 368 g/mol. The number of hydrogen-bond acceptors (Lipinski definition) is 7. The summed E-state index contributed by atoms with van der Waals surface area (Å²) >= 11 is 0. The number of nitrogens with zero attached hydrogens (tertiary/aromatic N) is 2. The Labute approximate surface area is 151 Å². The molecule has 11 nitrogen and oxygen atoms in total. The second-order valence-electron chi connectivity index (χ2n) is 7.33. The van der Waals surface area contributed by atoms with Gasteiger partial charge in [0.05, 0.1) is 12.6 Å². The van der Waals surface area contributed by atoms with E-state index in [9.17, 15) is 18.0 Å². The highest BCUT2D eigenvalue weighted by Crippen LogP contribution is 2.31. The lowest BCUT2D eigenvalue weighted by atomic mass is 9.82. The molecule has 0 aromatic carbocycles. The summed E-state index contributed by atoms with van der Waals surface area (Å²) in [5, 5.41) is 3.88. The average molecular weight is 392 g/mol. The molecule has 2 atom stereocenters. The van der Waals surface area contributed by atoms with Crippen LogP contribution in [-0.4, -0.2) is 73.2 Å². The number of rotatable bonds is 6. The molecule has 3 aliphatic rings. The van der Waals surface area contributed by atoms with E-state index in [1.54, 1.807) is 0 Å². The molecule has 0 aliphatic carbocycles. The number of amides is 3. The summed E-state index contributed by atoms with van der Waals surface area (Å²) in [6.07, 6.45) is 2.61. The Morgan fingerprint density at radius 1 is 1.38 bits per heavy atom. The molecule has 3 aliphatic heterocycles. The van der Waals surface area contributed by atoms with Crippen LogP contribution in [0.15, 0.2) is 0 Å². The second kappa shape index (κ2) is 7.27. The van der Waals surface area contributed by atoms with Crippen molar-refractivity contribution in [3.05, 3.63) is 0 Å². The lowest BCUT2D eigenvalue weighted by Gasteiger charge is -2.34. The minimum atomic E-state index is -4.80. The Bertz CT molecular complexity index is 664. The van der Waals surface area contributed by atoms with Crippen molar-refractivity contribution in [1.29, 1.82) is 0 Å². The van der Waals surface area contributed by atoms with Crippen molar-refractivity contribution in [2.75, 3.05) is 26.2 Å². The fraction of sp³-hybridized carbons (Fsp3) is 0.857. The maximum absolute atomic E-state index is 12.4. The molecule has 1 unspecified atom stereocenters. The molecule has 0 aromatic rings. The number of carbonyl (C=O) groups is 2. The third-order valence-electron chi connectivity index (χ3n) is 5.20. The van der Waals surface area contributed by atoms with Gasteiger partial charge in [0.25, 0.3) is 5.91 Å². The highest BCUT2D eigenvalue weighted by atomic mass is 32.3. The van der Waals surface area contributed by atoms with Crippen LogP contribution in [0, 0.1) is 5.41 Å². The van der Waals surface area contributed by atoms with E-state index < -0.39 is 34.4 Å². The number of hydrogen-bond donors (Lipinski definition) is 3. The van der Waals surface area contributed by atoms with Crippen LogP contribution in [0.2, 0.25) is 0 Å². The van der Waals surface area contributed by atoms with Crippen LogP contribution < -0.4 is 10.8 Å². The van der Waals surface area contributed by atoms with Gasteiger partial charge in [0.1, 0.15) is 6.04 Å². The molecule has 3 amide bonds. The summed E-state index contributed by atoms with van der Waals surface area (Å²) in [7, 11) is -4.80. The van der Waals surface area contributed by atoms with Crippen molar-refractivity contribution in [2.24, 2.45) is 5.41 Å². The molecule has 0 radical (unpaired) electrons.